The Kier molecular flexibility index (Phi) is 14.6. The highest BCUT2D eigenvalue weighted by atomic mass is 16.5. The third-order valence-electron chi connectivity index (χ3n) is 8.78. The summed E-state index contributed by atoms with van der Waals surface area (Å²) in [5.41, 5.74) is 0.264. The highest BCUT2D eigenvalue weighted by Gasteiger charge is 2.33. The van der Waals surface area contributed by atoms with E-state index in [0.29, 0.717) is 5.57 Å². The number of aliphatic hydroxyl groups excluding tert-OH is 2. The number of hydrogen-bond acceptors (Lipinski definition) is 9. The summed E-state index contributed by atoms with van der Waals surface area (Å²) in [5, 5.41) is 27.2. The van der Waals surface area contributed by atoms with E-state index in [1.807, 2.05) is 0 Å². The number of allylic oxidation sites excluding steroid dienone is 7. The molecule has 1 heterocycles. The van der Waals surface area contributed by atoms with Gasteiger partial charge < -0.3 is 30.3 Å². The molecule has 3 aliphatic rings. The first-order valence-corrected chi connectivity index (χ1v) is 16.3. The maximum absolute atomic E-state index is 13.2. The Bertz CT molecular complexity index is 1360. The van der Waals surface area contributed by atoms with Crippen molar-refractivity contribution in [3.8, 4) is 0 Å². The predicted molar refractivity (Wildman–Crippen MR) is 176 cm³/mol. The number of methoxy groups -OCH3 is 1. The second-order valence-electron chi connectivity index (χ2n) is 12.4. The van der Waals surface area contributed by atoms with Crippen LogP contribution in [0.5, 0.6) is 0 Å². The molecule has 11 nitrogen and oxygen atoms in total. The van der Waals surface area contributed by atoms with Gasteiger partial charge in [-0.25, -0.2) is 4.79 Å². The third-order valence-corrected chi connectivity index (χ3v) is 8.78. The fourth-order valence-corrected chi connectivity index (χ4v) is 5.81. The molecular formula is C36H48N2O9. The van der Waals surface area contributed by atoms with E-state index >= 15 is 0 Å². The van der Waals surface area contributed by atoms with Gasteiger partial charge in [0.2, 0.25) is 23.4 Å². The molecule has 1 fully saturated rings. The smallest absolute Gasteiger partial charge is 0.328 e. The molecule has 256 valence electrons. The van der Waals surface area contributed by atoms with Crippen LogP contribution in [0.1, 0.15) is 78.6 Å². The molecule has 0 radical (unpaired) electrons. The molecule has 2 amide bonds. The van der Waals surface area contributed by atoms with Gasteiger partial charge in [0, 0.05) is 30.6 Å². The van der Waals surface area contributed by atoms with Crippen molar-refractivity contribution in [1.29, 1.82) is 0 Å². The van der Waals surface area contributed by atoms with Crippen LogP contribution in [0.4, 0.5) is 0 Å². The Morgan fingerprint density at radius 1 is 1.06 bits per heavy atom. The molecule has 5 unspecified atom stereocenters. The largest absolute Gasteiger partial charge is 0.505 e. The van der Waals surface area contributed by atoms with Crippen molar-refractivity contribution in [2.24, 2.45) is 11.8 Å². The van der Waals surface area contributed by atoms with Gasteiger partial charge in [0.25, 0.3) is 0 Å². The number of nitrogens with one attached hydrogen (secondary N) is 2. The fourth-order valence-electron chi connectivity index (χ4n) is 5.81. The maximum atomic E-state index is 13.2. The normalized spacial score (nSPS) is 29.6. The van der Waals surface area contributed by atoms with Crippen molar-refractivity contribution < 1.29 is 43.7 Å². The summed E-state index contributed by atoms with van der Waals surface area (Å²) in [6.45, 7) is 5.06. The standard InChI is InChI=1S/C36H48N2O9/c1-22-14-13-18-27-32(42)28(21-30(40)33(27)43)38-31(41)20-26(46-4)17-11-6-5-7-12-19-29(39)23(2)34(22)47-36(45)24(3)37-35(44)25-15-9-8-10-16-25/h5-7,11-12,14,17,21,23-26,29,34,39,42H,8-10,13,15-16,18-20H2,1-4H3,(H,37,44)(H,38,41)/b6-5+,12-7+,17-11+,22-14-. The van der Waals surface area contributed by atoms with E-state index in [-0.39, 0.29) is 48.8 Å². The van der Waals surface area contributed by atoms with Gasteiger partial charge in [-0.05, 0) is 51.5 Å². The number of ether oxygens (including phenoxy) is 2. The minimum absolute atomic E-state index is 0.0375. The van der Waals surface area contributed by atoms with Crippen molar-refractivity contribution in [3.05, 3.63) is 71.2 Å². The first kappa shape index (κ1) is 37.4. The molecule has 11 heteroatoms. The fraction of sp³-hybridized carbons (Fsp3) is 0.528. The molecule has 0 saturated heterocycles. The van der Waals surface area contributed by atoms with Crippen LogP contribution in [0.15, 0.2) is 71.2 Å². The zero-order chi connectivity index (χ0) is 34.5. The lowest BCUT2D eigenvalue weighted by molar-refractivity contribution is -0.155. The molecule has 3 rings (SSSR count). The van der Waals surface area contributed by atoms with Crippen molar-refractivity contribution in [2.75, 3.05) is 7.11 Å². The summed E-state index contributed by atoms with van der Waals surface area (Å²) in [6.07, 6.45) is 15.6. The van der Waals surface area contributed by atoms with E-state index in [2.05, 4.69) is 10.6 Å². The number of ketones is 2. The van der Waals surface area contributed by atoms with E-state index in [1.165, 1.54) is 7.11 Å². The van der Waals surface area contributed by atoms with Gasteiger partial charge >= 0.3 is 5.97 Å². The average molecular weight is 653 g/mol. The van der Waals surface area contributed by atoms with Crippen molar-refractivity contribution >= 4 is 29.4 Å². The zero-order valence-electron chi connectivity index (χ0n) is 27.7. The van der Waals surface area contributed by atoms with Crippen LogP contribution in [-0.2, 0) is 33.4 Å². The number of Topliss-reactive ketones (excluding diaryl/α,β-unsaturated/α-hetero) is 1. The molecule has 0 aromatic heterocycles. The van der Waals surface area contributed by atoms with E-state index < -0.39 is 59.5 Å². The first-order valence-electron chi connectivity index (χ1n) is 16.3. The SMILES string of the molecule is COC1/C=C/C=C/C=C/CC(O)C(C)C(OC(=O)C(C)NC(=O)C2CCCCC2)/C(C)=C\CCC2=C(O)C(=CC(=O)C2=O)NC(=O)C1. The lowest BCUT2D eigenvalue weighted by Crippen LogP contribution is -2.45. The summed E-state index contributed by atoms with van der Waals surface area (Å²) in [5.74, 6) is -4.27. The van der Waals surface area contributed by atoms with Gasteiger partial charge in [0.05, 0.1) is 24.3 Å². The third kappa shape index (κ3) is 11.0. The second-order valence-corrected chi connectivity index (χ2v) is 12.4. The van der Waals surface area contributed by atoms with Gasteiger partial charge in [-0.15, -0.1) is 0 Å². The minimum atomic E-state index is -0.907. The molecule has 0 aromatic rings. The van der Waals surface area contributed by atoms with Crippen LogP contribution in [0.25, 0.3) is 0 Å². The Labute approximate surface area is 276 Å². The van der Waals surface area contributed by atoms with Gasteiger partial charge in [0.15, 0.2) is 0 Å². The van der Waals surface area contributed by atoms with Crippen molar-refractivity contribution in [3.63, 3.8) is 0 Å². The number of carbonyl (C=O) groups is 5. The number of aliphatic hydroxyl groups is 2. The topological polar surface area (TPSA) is 168 Å². The van der Waals surface area contributed by atoms with E-state index in [0.717, 1.165) is 38.2 Å². The highest BCUT2D eigenvalue weighted by Crippen LogP contribution is 2.27. The summed E-state index contributed by atoms with van der Waals surface area (Å²) in [4.78, 5) is 63.9. The summed E-state index contributed by atoms with van der Waals surface area (Å²) < 4.78 is 11.3. The van der Waals surface area contributed by atoms with E-state index in [1.54, 1.807) is 63.3 Å². The molecule has 2 bridgehead atoms. The summed E-state index contributed by atoms with van der Waals surface area (Å²) in [6, 6.07) is -0.907. The molecule has 0 aromatic carbocycles. The molecule has 47 heavy (non-hydrogen) atoms. The van der Waals surface area contributed by atoms with Crippen molar-refractivity contribution in [1.82, 2.24) is 10.6 Å². The molecule has 4 N–H and O–H groups in total. The van der Waals surface area contributed by atoms with Gasteiger partial charge in [-0.3, -0.25) is 19.2 Å². The van der Waals surface area contributed by atoms with Crippen LogP contribution >= 0.6 is 0 Å². The van der Waals surface area contributed by atoms with Crippen LogP contribution in [-0.4, -0.2) is 71.0 Å². The summed E-state index contributed by atoms with van der Waals surface area (Å²) >= 11 is 0. The van der Waals surface area contributed by atoms with Gasteiger partial charge in [0.1, 0.15) is 17.9 Å². The Morgan fingerprint density at radius 3 is 2.47 bits per heavy atom. The number of carbonyl (C=O) groups excluding carboxylic acids is 5. The predicted octanol–water partition coefficient (Wildman–Crippen LogP) is 4.15. The van der Waals surface area contributed by atoms with Crippen LogP contribution in [0.3, 0.4) is 0 Å². The maximum Gasteiger partial charge on any atom is 0.328 e. The van der Waals surface area contributed by atoms with Gasteiger partial charge in [-0.2, -0.15) is 0 Å². The highest BCUT2D eigenvalue weighted by molar-refractivity contribution is 6.48. The zero-order valence-corrected chi connectivity index (χ0v) is 27.7. The summed E-state index contributed by atoms with van der Waals surface area (Å²) in [7, 11) is 1.45. The quantitative estimate of drug-likeness (QED) is 0.148. The van der Waals surface area contributed by atoms with E-state index in [4.69, 9.17) is 9.47 Å². The number of rotatable bonds is 5. The number of hydrogen-bond donors (Lipinski definition) is 4. The molecule has 0 spiro atoms. The Balaban J connectivity index is 1.87. The average Bonchev–Trinajstić information content (AvgIpc) is 3.05. The van der Waals surface area contributed by atoms with Crippen molar-refractivity contribution in [2.45, 2.75) is 103 Å². The van der Waals surface area contributed by atoms with Crippen LogP contribution < -0.4 is 10.6 Å². The number of amides is 2. The molecule has 1 saturated carbocycles. The lowest BCUT2D eigenvalue weighted by atomic mass is 9.88. The monoisotopic (exact) mass is 652 g/mol. The van der Waals surface area contributed by atoms with Crippen LogP contribution in [0, 0.1) is 11.8 Å². The molecule has 2 aliphatic carbocycles. The lowest BCUT2D eigenvalue weighted by Gasteiger charge is -2.30. The van der Waals surface area contributed by atoms with Gasteiger partial charge in [-0.1, -0.05) is 68.7 Å². The Hall–Kier alpha value is -4.09. The first-order chi connectivity index (χ1) is 22.4. The molecule has 5 atom stereocenters. The second kappa shape index (κ2) is 18.3. The Morgan fingerprint density at radius 2 is 1.77 bits per heavy atom. The van der Waals surface area contributed by atoms with Crippen LogP contribution in [0.2, 0.25) is 0 Å². The molecular weight excluding hydrogens is 604 g/mol. The number of fused-ring (bicyclic) bond motifs is 1. The minimum Gasteiger partial charge on any atom is -0.505 e. The number of esters is 1. The van der Waals surface area contributed by atoms with E-state index in [9.17, 15) is 34.2 Å². The molecule has 1 aliphatic heterocycles.